The summed E-state index contributed by atoms with van der Waals surface area (Å²) in [5.74, 6) is -0.522. The number of aryl methyl sites for hydroxylation is 1. The topological polar surface area (TPSA) is 68.8 Å². The fraction of sp³-hybridized carbons (Fsp3) is 0.296. The van der Waals surface area contributed by atoms with Gasteiger partial charge < -0.3 is 20.9 Å². The zero-order valence-corrected chi connectivity index (χ0v) is 24.0. The fourth-order valence-electron chi connectivity index (χ4n) is 4.04. The lowest BCUT2D eigenvalue weighted by Gasteiger charge is -2.27. The van der Waals surface area contributed by atoms with E-state index in [0.717, 1.165) is 11.6 Å². The number of rotatable bonds is 7. The van der Waals surface area contributed by atoms with Gasteiger partial charge in [0, 0.05) is 53.7 Å². The zero-order chi connectivity index (χ0) is 28.9. The van der Waals surface area contributed by atoms with Crippen molar-refractivity contribution < 1.29 is 18.0 Å². The standard InChI is InChI=1S/C27H28Cl2F3N5OS/c1-15-9-10-16(28)13-19(15)23(18-7-5-6-8-21(18)29)35-24(25(38)33-2)36-26(39)34-17-11-12-22(37(3)4)20(14-17)27(30,31)32/h5-10,13-14,24H,11-12H2,1-4H3,(H,33,38)(H2,34,36,39). The van der Waals surface area contributed by atoms with Crippen LogP contribution < -0.4 is 16.0 Å². The summed E-state index contributed by atoms with van der Waals surface area (Å²) in [4.78, 5) is 19.0. The molecular formula is C27H28Cl2F3N5OS. The van der Waals surface area contributed by atoms with Crippen LogP contribution in [0.2, 0.25) is 10.0 Å². The largest absolute Gasteiger partial charge is 0.418 e. The van der Waals surface area contributed by atoms with Gasteiger partial charge in [0.15, 0.2) is 5.11 Å². The van der Waals surface area contributed by atoms with E-state index in [1.807, 2.05) is 13.0 Å². The molecule has 0 radical (unpaired) electrons. The number of carbonyl (C=O) groups is 1. The molecule has 0 spiro atoms. The lowest BCUT2D eigenvalue weighted by Crippen LogP contribution is -2.48. The van der Waals surface area contributed by atoms with Crippen molar-refractivity contribution in [2.75, 3.05) is 21.1 Å². The first-order chi connectivity index (χ1) is 18.3. The third-order valence-electron chi connectivity index (χ3n) is 5.98. The molecule has 0 saturated carbocycles. The summed E-state index contributed by atoms with van der Waals surface area (Å²) >= 11 is 18.2. The van der Waals surface area contributed by atoms with E-state index in [9.17, 15) is 18.0 Å². The molecule has 1 atom stereocenters. The summed E-state index contributed by atoms with van der Waals surface area (Å²) in [7, 11) is 4.59. The predicted molar refractivity (Wildman–Crippen MR) is 154 cm³/mol. The maximum atomic E-state index is 13.7. The van der Waals surface area contributed by atoms with Crippen LogP contribution in [0.25, 0.3) is 0 Å². The lowest BCUT2D eigenvalue weighted by atomic mass is 9.98. The summed E-state index contributed by atoms with van der Waals surface area (Å²) in [5, 5.41) is 8.98. The van der Waals surface area contributed by atoms with Crippen LogP contribution in [-0.4, -0.2) is 55.1 Å². The Morgan fingerprint density at radius 3 is 2.41 bits per heavy atom. The maximum absolute atomic E-state index is 13.7. The van der Waals surface area contributed by atoms with Gasteiger partial charge in [0.05, 0.1) is 11.3 Å². The van der Waals surface area contributed by atoms with Crippen molar-refractivity contribution in [1.29, 1.82) is 0 Å². The average molecular weight is 599 g/mol. The normalized spacial score (nSPS) is 14.9. The maximum Gasteiger partial charge on any atom is 0.418 e. The molecule has 2 aromatic carbocycles. The molecule has 0 bridgehead atoms. The second-order valence-corrected chi connectivity index (χ2v) is 10.2. The van der Waals surface area contributed by atoms with Crippen LogP contribution in [0, 0.1) is 6.92 Å². The van der Waals surface area contributed by atoms with E-state index in [0.29, 0.717) is 33.3 Å². The first kappa shape index (κ1) is 30.5. The Morgan fingerprint density at radius 1 is 1.10 bits per heavy atom. The number of alkyl halides is 3. The van der Waals surface area contributed by atoms with Crippen LogP contribution in [0.1, 0.15) is 29.5 Å². The molecule has 6 nitrogen and oxygen atoms in total. The number of benzene rings is 2. The Kier molecular flexibility index (Phi) is 10.0. The van der Waals surface area contributed by atoms with Gasteiger partial charge in [-0.15, -0.1) is 0 Å². The van der Waals surface area contributed by atoms with Crippen LogP contribution in [0.5, 0.6) is 0 Å². The number of aliphatic imine (C=N–C) groups is 1. The minimum atomic E-state index is -4.53. The highest BCUT2D eigenvalue weighted by atomic mass is 35.5. The number of carbonyl (C=O) groups excluding carboxylic acids is 1. The molecule has 3 N–H and O–H groups in total. The molecule has 3 rings (SSSR count). The number of allylic oxidation sites excluding steroid dienone is 4. The first-order valence-electron chi connectivity index (χ1n) is 11.9. The fourth-order valence-corrected chi connectivity index (χ4v) is 4.68. The minimum absolute atomic E-state index is 0.0604. The minimum Gasteiger partial charge on any atom is -0.380 e. The van der Waals surface area contributed by atoms with Crippen molar-refractivity contribution >= 4 is 52.2 Å². The highest BCUT2D eigenvalue weighted by Gasteiger charge is 2.37. The van der Waals surface area contributed by atoms with Gasteiger partial charge in [-0.05, 0) is 61.8 Å². The van der Waals surface area contributed by atoms with Gasteiger partial charge in [0.1, 0.15) is 0 Å². The summed E-state index contributed by atoms with van der Waals surface area (Å²) in [6.07, 6.45) is -4.26. The van der Waals surface area contributed by atoms with Crippen molar-refractivity contribution in [2.45, 2.75) is 32.1 Å². The van der Waals surface area contributed by atoms with Crippen molar-refractivity contribution in [3.8, 4) is 0 Å². The summed E-state index contributed by atoms with van der Waals surface area (Å²) in [6.45, 7) is 1.87. The molecule has 2 aromatic rings. The van der Waals surface area contributed by atoms with E-state index in [1.54, 1.807) is 50.5 Å². The third-order valence-corrected chi connectivity index (χ3v) is 6.77. The Bertz CT molecular complexity index is 1360. The van der Waals surface area contributed by atoms with Gasteiger partial charge in [-0.2, -0.15) is 13.2 Å². The summed E-state index contributed by atoms with van der Waals surface area (Å²) in [6, 6.07) is 12.3. The van der Waals surface area contributed by atoms with E-state index in [-0.39, 0.29) is 22.9 Å². The Hall–Kier alpha value is -3.08. The summed E-state index contributed by atoms with van der Waals surface area (Å²) in [5.41, 5.74) is 2.14. The van der Waals surface area contributed by atoms with E-state index in [1.165, 1.54) is 11.9 Å². The Balaban J connectivity index is 1.99. The van der Waals surface area contributed by atoms with Gasteiger partial charge >= 0.3 is 6.18 Å². The van der Waals surface area contributed by atoms with Gasteiger partial charge in [-0.25, -0.2) is 4.99 Å². The number of thiocarbonyl (C=S) groups is 1. The van der Waals surface area contributed by atoms with E-state index < -0.39 is 23.8 Å². The second-order valence-electron chi connectivity index (χ2n) is 8.95. The quantitative estimate of drug-likeness (QED) is 0.281. The van der Waals surface area contributed by atoms with Gasteiger partial charge in [-0.3, -0.25) is 4.79 Å². The molecule has 12 heteroatoms. The SMILES string of the molecule is CNC(=O)C(N=C(c1cc(Cl)ccc1C)c1ccccc1Cl)NC(=S)NC1=CC(C(F)(F)F)=C(N(C)C)CC1. The van der Waals surface area contributed by atoms with E-state index >= 15 is 0 Å². The predicted octanol–water partition coefficient (Wildman–Crippen LogP) is 5.73. The molecule has 1 amide bonds. The first-order valence-corrected chi connectivity index (χ1v) is 13.0. The molecule has 0 aromatic heterocycles. The van der Waals surface area contributed by atoms with Gasteiger partial charge in [-0.1, -0.05) is 47.5 Å². The van der Waals surface area contributed by atoms with Crippen molar-refractivity contribution in [2.24, 2.45) is 4.99 Å². The van der Waals surface area contributed by atoms with Crippen LogP contribution >= 0.6 is 35.4 Å². The highest BCUT2D eigenvalue weighted by Crippen LogP contribution is 2.36. The molecule has 1 unspecified atom stereocenters. The molecule has 0 saturated heterocycles. The Morgan fingerprint density at radius 2 is 1.79 bits per heavy atom. The molecule has 39 heavy (non-hydrogen) atoms. The molecule has 0 aliphatic heterocycles. The monoisotopic (exact) mass is 597 g/mol. The average Bonchev–Trinajstić information content (AvgIpc) is 2.87. The molecule has 1 aliphatic carbocycles. The molecule has 0 heterocycles. The van der Waals surface area contributed by atoms with Crippen molar-refractivity contribution in [3.05, 3.63) is 92.2 Å². The summed E-state index contributed by atoms with van der Waals surface area (Å²) < 4.78 is 41.1. The molecular weight excluding hydrogens is 570 g/mol. The molecule has 1 aliphatic rings. The molecule has 208 valence electrons. The molecule has 0 fully saturated rings. The van der Waals surface area contributed by atoms with Crippen LogP contribution in [0.4, 0.5) is 13.2 Å². The van der Waals surface area contributed by atoms with Crippen LogP contribution in [0.15, 0.2) is 70.5 Å². The van der Waals surface area contributed by atoms with Crippen LogP contribution in [-0.2, 0) is 4.79 Å². The zero-order valence-electron chi connectivity index (χ0n) is 21.7. The number of hydrogen-bond donors (Lipinski definition) is 3. The number of likely N-dealkylation sites (N-methyl/N-ethyl adjacent to an activating group) is 1. The van der Waals surface area contributed by atoms with E-state index in [2.05, 4.69) is 20.9 Å². The number of nitrogens with zero attached hydrogens (tertiary/aromatic N) is 2. The van der Waals surface area contributed by atoms with Crippen molar-refractivity contribution in [1.82, 2.24) is 20.9 Å². The number of hydrogen-bond acceptors (Lipinski definition) is 4. The van der Waals surface area contributed by atoms with Crippen LogP contribution in [0.3, 0.4) is 0 Å². The number of nitrogens with one attached hydrogen (secondary N) is 3. The highest BCUT2D eigenvalue weighted by molar-refractivity contribution is 7.80. The smallest absolute Gasteiger partial charge is 0.380 e. The lowest BCUT2D eigenvalue weighted by molar-refractivity contribution is -0.122. The van der Waals surface area contributed by atoms with E-state index in [4.69, 9.17) is 35.4 Å². The second kappa shape index (κ2) is 12.8. The van der Waals surface area contributed by atoms with Gasteiger partial charge in [0.2, 0.25) is 6.17 Å². The van der Waals surface area contributed by atoms with Crippen molar-refractivity contribution in [3.63, 3.8) is 0 Å². The van der Waals surface area contributed by atoms with Gasteiger partial charge in [0.25, 0.3) is 5.91 Å². The Labute approximate surface area is 241 Å². The number of amides is 1. The third kappa shape index (κ3) is 7.74. The number of halogens is 5.